The molecule has 0 bridgehead atoms. The highest BCUT2D eigenvalue weighted by molar-refractivity contribution is 7.13. The molecule has 1 aromatic heterocycles. The van der Waals surface area contributed by atoms with E-state index in [-0.39, 0.29) is 17.7 Å². The fourth-order valence-electron chi connectivity index (χ4n) is 3.71. The Bertz CT molecular complexity index is 1100. The first kappa shape index (κ1) is 21.8. The molecule has 1 fully saturated rings. The summed E-state index contributed by atoms with van der Waals surface area (Å²) in [6.07, 6.45) is 1.75. The van der Waals surface area contributed by atoms with Crippen molar-refractivity contribution in [2.45, 2.75) is 18.8 Å². The van der Waals surface area contributed by atoms with Gasteiger partial charge in [0, 0.05) is 30.3 Å². The number of anilines is 1. The number of aromatic nitrogens is 2. The van der Waals surface area contributed by atoms with E-state index in [0.29, 0.717) is 40.8 Å². The van der Waals surface area contributed by atoms with E-state index < -0.39 is 0 Å². The van der Waals surface area contributed by atoms with Crippen LogP contribution in [-0.2, 0) is 0 Å². The number of hydrogen-bond donors (Lipinski definition) is 1. The molecule has 2 heterocycles. The van der Waals surface area contributed by atoms with E-state index in [0.717, 1.165) is 17.8 Å². The number of carbonyl (C=O) groups is 2. The summed E-state index contributed by atoms with van der Waals surface area (Å²) in [5, 5.41) is 12.2. The lowest BCUT2D eigenvalue weighted by Crippen LogP contribution is -2.39. The summed E-state index contributed by atoms with van der Waals surface area (Å²) in [4.78, 5) is 27.4. The van der Waals surface area contributed by atoms with Gasteiger partial charge >= 0.3 is 0 Å². The Morgan fingerprint density at radius 3 is 2.59 bits per heavy atom. The highest BCUT2D eigenvalue weighted by atomic mass is 32.1. The number of hydrogen-bond acceptors (Lipinski definition) is 7. The number of para-hydroxylation sites is 1. The molecule has 1 atom stereocenters. The van der Waals surface area contributed by atoms with E-state index in [2.05, 4.69) is 15.5 Å². The van der Waals surface area contributed by atoms with Gasteiger partial charge in [0.15, 0.2) is 11.5 Å². The molecule has 0 aliphatic carbocycles. The molecule has 1 aliphatic rings. The lowest BCUT2D eigenvalue weighted by molar-refractivity contribution is 0.0706. The van der Waals surface area contributed by atoms with E-state index in [9.17, 15) is 9.59 Å². The van der Waals surface area contributed by atoms with Gasteiger partial charge in [-0.3, -0.25) is 9.59 Å². The molecule has 32 heavy (non-hydrogen) atoms. The van der Waals surface area contributed by atoms with Crippen molar-refractivity contribution in [2.75, 3.05) is 32.6 Å². The smallest absolute Gasteiger partial charge is 0.286 e. The van der Waals surface area contributed by atoms with Crippen LogP contribution in [0.3, 0.4) is 0 Å². The summed E-state index contributed by atoms with van der Waals surface area (Å²) in [6.45, 7) is 1.20. The zero-order valence-electron chi connectivity index (χ0n) is 17.9. The maximum Gasteiger partial charge on any atom is 0.286 e. The normalized spacial score (nSPS) is 15.8. The minimum atomic E-state index is -0.283. The monoisotopic (exact) mass is 452 g/mol. The van der Waals surface area contributed by atoms with Crippen LogP contribution in [0.2, 0.25) is 0 Å². The van der Waals surface area contributed by atoms with Crippen molar-refractivity contribution >= 4 is 28.8 Å². The van der Waals surface area contributed by atoms with Crippen molar-refractivity contribution in [3.8, 4) is 11.5 Å². The summed E-state index contributed by atoms with van der Waals surface area (Å²) in [5.74, 6) is 0.792. The van der Waals surface area contributed by atoms with E-state index in [1.165, 1.54) is 11.3 Å². The summed E-state index contributed by atoms with van der Waals surface area (Å²) >= 11 is 1.28. The van der Waals surface area contributed by atoms with Crippen molar-refractivity contribution in [1.29, 1.82) is 0 Å². The van der Waals surface area contributed by atoms with E-state index in [4.69, 9.17) is 9.47 Å². The Hall–Kier alpha value is -3.46. The van der Waals surface area contributed by atoms with E-state index >= 15 is 0 Å². The second-order valence-corrected chi connectivity index (χ2v) is 8.43. The van der Waals surface area contributed by atoms with Crippen molar-refractivity contribution in [3.05, 3.63) is 64.1 Å². The maximum atomic E-state index is 13.1. The number of amides is 2. The highest BCUT2D eigenvalue weighted by Crippen LogP contribution is 2.32. The number of carbonyl (C=O) groups excluding carboxylic acids is 2. The van der Waals surface area contributed by atoms with Crippen molar-refractivity contribution in [2.24, 2.45) is 0 Å². The van der Waals surface area contributed by atoms with Crippen LogP contribution < -0.4 is 14.8 Å². The first-order chi connectivity index (χ1) is 15.6. The molecule has 8 nitrogen and oxygen atoms in total. The molecule has 9 heteroatoms. The Kier molecular flexibility index (Phi) is 6.65. The zero-order valence-corrected chi connectivity index (χ0v) is 18.7. The first-order valence-electron chi connectivity index (χ1n) is 10.3. The molecule has 0 saturated carbocycles. The van der Waals surface area contributed by atoms with Gasteiger partial charge < -0.3 is 19.7 Å². The number of benzene rings is 2. The largest absolute Gasteiger partial charge is 0.493 e. The predicted molar refractivity (Wildman–Crippen MR) is 122 cm³/mol. The average Bonchev–Trinajstić information content (AvgIpc) is 3.34. The SMILES string of the molecule is COc1ccc(C(=O)N2CCC[C@H](c3nnc(C(=O)Nc4ccccc4)s3)C2)cc1OC. The van der Waals surface area contributed by atoms with Gasteiger partial charge in [-0.05, 0) is 43.2 Å². The molecule has 166 valence electrons. The van der Waals surface area contributed by atoms with Gasteiger partial charge in [0.2, 0.25) is 5.01 Å². The number of piperidine rings is 1. The number of ether oxygens (including phenoxy) is 2. The van der Waals surface area contributed by atoms with Crippen LogP contribution in [0.1, 0.15) is 43.9 Å². The van der Waals surface area contributed by atoms with Crippen LogP contribution >= 0.6 is 11.3 Å². The molecule has 2 aromatic carbocycles. The van der Waals surface area contributed by atoms with Crippen molar-refractivity contribution in [3.63, 3.8) is 0 Å². The van der Waals surface area contributed by atoms with Gasteiger partial charge in [0.25, 0.3) is 11.8 Å². The predicted octanol–water partition coefficient (Wildman–Crippen LogP) is 3.83. The van der Waals surface area contributed by atoms with E-state index in [1.54, 1.807) is 32.4 Å². The van der Waals surface area contributed by atoms with E-state index in [1.807, 2.05) is 35.2 Å². The Morgan fingerprint density at radius 2 is 1.84 bits per heavy atom. The second kappa shape index (κ2) is 9.78. The summed E-state index contributed by atoms with van der Waals surface area (Å²) in [5.41, 5.74) is 1.25. The van der Waals surface area contributed by atoms with Gasteiger partial charge in [-0.25, -0.2) is 0 Å². The second-order valence-electron chi connectivity index (χ2n) is 7.43. The number of rotatable bonds is 6. The molecule has 0 unspecified atom stereocenters. The van der Waals surface area contributed by atoms with Gasteiger partial charge in [-0.15, -0.1) is 10.2 Å². The van der Waals surface area contributed by atoms with Crippen molar-refractivity contribution in [1.82, 2.24) is 15.1 Å². The van der Waals surface area contributed by atoms with Gasteiger partial charge in [-0.2, -0.15) is 0 Å². The maximum absolute atomic E-state index is 13.1. The molecule has 4 rings (SSSR count). The van der Waals surface area contributed by atoms with Crippen LogP contribution in [0.25, 0.3) is 0 Å². The summed E-state index contributed by atoms with van der Waals surface area (Å²) < 4.78 is 10.6. The van der Waals surface area contributed by atoms with Crippen molar-refractivity contribution < 1.29 is 19.1 Å². The quantitative estimate of drug-likeness (QED) is 0.611. The lowest BCUT2D eigenvalue weighted by Gasteiger charge is -2.31. The first-order valence-corrected chi connectivity index (χ1v) is 11.1. The molecule has 1 aliphatic heterocycles. The number of nitrogens with one attached hydrogen (secondary N) is 1. The fraction of sp³-hybridized carbons (Fsp3) is 0.304. The van der Waals surface area contributed by atoms with Gasteiger partial charge in [-0.1, -0.05) is 29.5 Å². The summed E-state index contributed by atoms with van der Waals surface area (Å²) in [6, 6.07) is 14.4. The molecular formula is C23H24N4O4S. The third-order valence-corrected chi connectivity index (χ3v) is 6.44. The molecule has 3 aromatic rings. The molecular weight excluding hydrogens is 428 g/mol. The van der Waals surface area contributed by atoms with Crippen LogP contribution in [0.4, 0.5) is 5.69 Å². The lowest BCUT2D eigenvalue weighted by atomic mass is 9.98. The third-order valence-electron chi connectivity index (χ3n) is 5.35. The topological polar surface area (TPSA) is 93.7 Å². The van der Waals surface area contributed by atoms with Gasteiger partial charge in [0.05, 0.1) is 14.2 Å². The number of nitrogens with zero attached hydrogens (tertiary/aromatic N) is 3. The summed E-state index contributed by atoms with van der Waals surface area (Å²) in [7, 11) is 3.11. The van der Waals surface area contributed by atoms with Crippen LogP contribution in [0.15, 0.2) is 48.5 Å². The minimum absolute atomic E-state index is 0.0450. The number of likely N-dealkylation sites (tertiary alicyclic amines) is 1. The molecule has 1 N–H and O–H groups in total. The molecule has 1 saturated heterocycles. The van der Waals surface area contributed by atoms with Crippen LogP contribution in [0, 0.1) is 0 Å². The average molecular weight is 453 g/mol. The van der Waals surface area contributed by atoms with Gasteiger partial charge in [0.1, 0.15) is 5.01 Å². The zero-order chi connectivity index (χ0) is 22.5. The highest BCUT2D eigenvalue weighted by Gasteiger charge is 2.29. The molecule has 2 amide bonds. The Morgan fingerprint density at radius 1 is 1.06 bits per heavy atom. The molecule has 0 radical (unpaired) electrons. The Labute approximate surface area is 190 Å². The molecule has 0 spiro atoms. The Balaban J connectivity index is 1.44. The minimum Gasteiger partial charge on any atom is -0.493 e. The third kappa shape index (κ3) is 4.72. The standard InChI is InChI=1S/C23H24N4O4S/c1-30-18-11-10-15(13-19(18)31-2)23(29)27-12-6-7-16(14-27)21-25-26-22(32-21)20(28)24-17-8-4-3-5-9-17/h3-5,8-11,13,16H,6-7,12,14H2,1-2H3,(H,24,28)/t16-/m0/s1. The van der Waals surface area contributed by atoms with Crippen LogP contribution in [0.5, 0.6) is 11.5 Å². The fourth-order valence-corrected chi connectivity index (χ4v) is 4.58. The van der Waals surface area contributed by atoms with Crippen LogP contribution in [-0.4, -0.2) is 54.2 Å². The number of methoxy groups -OCH3 is 2.